The van der Waals surface area contributed by atoms with Gasteiger partial charge in [-0.25, -0.2) is 0 Å². The summed E-state index contributed by atoms with van der Waals surface area (Å²) >= 11 is 7.11. The highest BCUT2D eigenvalue weighted by Gasteiger charge is 2.46. The SMILES string of the molecule is CC(C)[Si](Oc1cccc(C(Br)Br)c1)(C(C)C)C(C)C. The fourth-order valence-corrected chi connectivity index (χ4v) is 9.08. The molecule has 114 valence electrons. The molecule has 4 heteroatoms. The Balaban J connectivity index is 3.16. The Hall–Kier alpha value is 0.197. The maximum absolute atomic E-state index is 6.67. The van der Waals surface area contributed by atoms with E-state index >= 15 is 0 Å². The Kier molecular flexibility index (Phi) is 6.80. The molecular formula is C16H26Br2OSi. The molecule has 0 heterocycles. The second-order valence-electron chi connectivity index (χ2n) is 6.29. The molecule has 1 aromatic rings. The molecule has 0 aliphatic carbocycles. The van der Waals surface area contributed by atoms with Gasteiger partial charge in [0.1, 0.15) is 5.75 Å². The molecule has 0 bridgehead atoms. The van der Waals surface area contributed by atoms with Gasteiger partial charge in [0, 0.05) is 0 Å². The summed E-state index contributed by atoms with van der Waals surface area (Å²) in [5, 5.41) is 0. The standard InChI is InChI=1S/C16H26Br2OSi/c1-11(2)20(12(3)4,13(5)6)19-15-9-7-8-14(10-15)16(17)18/h7-13,16H,1-6H3. The Bertz CT molecular complexity index is 408. The van der Waals surface area contributed by atoms with Crippen molar-refractivity contribution < 1.29 is 4.43 Å². The second kappa shape index (κ2) is 7.46. The van der Waals surface area contributed by atoms with Gasteiger partial charge < -0.3 is 4.43 Å². The van der Waals surface area contributed by atoms with Gasteiger partial charge in [-0.05, 0) is 34.3 Å². The molecular weight excluding hydrogens is 396 g/mol. The Morgan fingerprint density at radius 2 is 1.40 bits per heavy atom. The molecule has 0 spiro atoms. The van der Waals surface area contributed by atoms with Crippen molar-refractivity contribution in [3.63, 3.8) is 0 Å². The number of hydrogen-bond acceptors (Lipinski definition) is 1. The number of hydrogen-bond donors (Lipinski definition) is 0. The van der Waals surface area contributed by atoms with E-state index in [1.165, 1.54) is 5.56 Å². The van der Waals surface area contributed by atoms with Gasteiger partial charge in [-0.1, -0.05) is 85.5 Å². The van der Waals surface area contributed by atoms with Crippen LogP contribution in [0.2, 0.25) is 16.6 Å². The lowest BCUT2D eigenvalue weighted by Crippen LogP contribution is -2.50. The minimum atomic E-state index is -1.86. The summed E-state index contributed by atoms with van der Waals surface area (Å²) in [7, 11) is -1.86. The summed E-state index contributed by atoms with van der Waals surface area (Å²) < 4.78 is 6.85. The predicted octanol–water partition coefficient (Wildman–Crippen LogP) is 7.03. The van der Waals surface area contributed by atoms with Crippen LogP contribution in [0.15, 0.2) is 24.3 Å². The fourth-order valence-electron chi connectivity index (χ4n) is 3.27. The third-order valence-corrected chi connectivity index (χ3v) is 11.2. The molecule has 0 unspecified atom stereocenters. The van der Waals surface area contributed by atoms with Crippen LogP contribution in [-0.4, -0.2) is 8.32 Å². The first-order valence-electron chi connectivity index (χ1n) is 7.28. The third-order valence-electron chi connectivity index (χ3n) is 4.11. The quantitative estimate of drug-likeness (QED) is 0.353. The average molecular weight is 422 g/mol. The van der Waals surface area contributed by atoms with Crippen molar-refractivity contribution in [2.24, 2.45) is 0 Å². The summed E-state index contributed by atoms with van der Waals surface area (Å²) in [5.41, 5.74) is 2.97. The first-order chi connectivity index (χ1) is 9.21. The summed E-state index contributed by atoms with van der Waals surface area (Å²) in [4.78, 5) is 0. The maximum Gasteiger partial charge on any atom is 0.258 e. The fraction of sp³-hybridized carbons (Fsp3) is 0.625. The zero-order valence-electron chi connectivity index (χ0n) is 13.3. The van der Waals surface area contributed by atoms with Crippen molar-refractivity contribution in [3.8, 4) is 5.75 Å². The van der Waals surface area contributed by atoms with Crippen LogP contribution in [0.4, 0.5) is 0 Å². The van der Waals surface area contributed by atoms with Gasteiger partial charge in [0.25, 0.3) is 8.32 Å². The van der Waals surface area contributed by atoms with Crippen LogP contribution < -0.4 is 4.43 Å². The van der Waals surface area contributed by atoms with Crippen LogP contribution >= 0.6 is 31.9 Å². The van der Waals surface area contributed by atoms with Crippen molar-refractivity contribution in [1.82, 2.24) is 0 Å². The first-order valence-corrected chi connectivity index (χ1v) is 11.3. The lowest BCUT2D eigenvalue weighted by molar-refractivity contribution is 0.479. The van der Waals surface area contributed by atoms with Gasteiger partial charge in [-0.15, -0.1) is 0 Å². The highest BCUT2D eigenvalue weighted by molar-refractivity contribution is 9.24. The molecule has 0 radical (unpaired) electrons. The van der Waals surface area contributed by atoms with Gasteiger partial charge in [0.05, 0.1) is 3.74 Å². The van der Waals surface area contributed by atoms with Crippen molar-refractivity contribution in [2.45, 2.75) is 61.9 Å². The van der Waals surface area contributed by atoms with E-state index in [0.29, 0.717) is 16.6 Å². The monoisotopic (exact) mass is 420 g/mol. The number of alkyl halides is 2. The zero-order valence-corrected chi connectivity index (χ0v) is 17.5. The molecule has 0 aliphatic rings. The minimum absolute atomic E-state index is 0.173. The molecule has 1 aromatic carbocycles. The van der Waals surface area contributed by atoms with Gasteiger partial charge in [0.2, 0.25) is 0 Å². The van der Waals surface area contributed by atoms with Crippen molar-refractivity contribution >= 4 is 40.2 Å². The van der Waals surface area contributed by atoms with E-state index < -0.39 is 8.32 Å². The molecule has 0 aromatic heterocycles. The summed E-state index contributed by atoms with van der Waals surface area (Å²) in [5.74, 6) is 1.01. The molecule has 0 aliphatic heterocycles. The van der Waals surface area contributed by atoms with Gasteiger partial charge in [-0.2, -0.15) is 0 Å². The normalized spacial score (nSPS) is 12.8. The number of halogens is 2. The lowest BCUT2D eigenvalue weighted by atomic mass is 10.2. The molecule has 1 nitrogen and oxygen atoms in total. The second-order valence-corrected chi connectivity index (χ2v) is 14.7. The molecule has 0 fully saturated rings. The maximum atomic E-state index is 6.67. The highest BCUT2D eigenvalue weighted by Crippen LogP contribution is 2.43. The van der Waals surface area contributed by atoms with Crippen LogP contribution in [-0.2, 0) is 0 Å². The smallest absolute Gasteiger partial charge is 0.258 e. The van der Waals surface area contributed by atoms with Crippen LogP contribution in [0.25, 0.3) is 0 Å². The average Bonchev–Trinajstić information content (AvgIpc) is 2.34. The molecule has 0 saturated carbocycles. The minimum Gasteiger partial charge on any atom is -0.543 e. The van der Waals surface area contributed by atoms with Crippen molar-refractivity contribution in [3.05, 3.63) is 29.8 Å². The van der Waals surface area contributed by atoms with E-state index in [1.807, 2.05) is 0 Å². The summed E-state index contributed by atoms with van der Waals surface area (Å²) in [6, 6.07) is 8.40. The molecule has 0 amide bonds. The van der Waals surface area contributed by atoms with E-state index in [2.05, 4.69) is 97.7 Å². The van der Waals surface area contributed by atoms with E-state index in [-0.39, 0.29) is 3.74 Å². The Morgan fingerprint density at radius 3 is 1.80 bits per heavy atom. The van der Waals surface area contributed by atoms with Gasteiger partial charge in [-0.3, -0.25) is 0 Å². The van der Waals surface area contributed by atoms with Crippen LogP contribution in [0.5, 0.6) is 5.75 Å². The van der Waals surface area contributed by atoms with Crippen LogP contribution in [0, 0.1) is 0 Å². The Morgan fingerprint density at radius 1 is 0.900 bits per heavy atom. The number of rotatable bonds is 6. The van der Waals surface area contributed by atoms with Gasteiger partial charge in [0.15, 0.2) is 0 Å². The molecule has 0 saturated heterocycles. The third kappa shape index (κ3) is 3.89. The number of benzene rings is 1. The highest BCUT2D eigenvalue weighted by atomic mass is 79.9. The summed E-state index contributed by atoms with van der Waals surface area (Å²) in [6.07, 6.45) is 0. The van der Waals surface area contributed by atoms with Crippen molar-refractivity contribution in [1.29, 1.82) is 0 Å². The van der Waals surface area contributed by atoms with E-state index in [9.17, 15) is 0 Å². The van der Waals surface area contributed by atoms with Crippen LogP contribution in [0.3, 0.4) is 0 Å². The van der Waals surface area contributed by atoms with Crippen molar-refractivity contribution in [2.75, 3.05) is 0 Å². The summed E-state index contributed by atoms with van der Waals surface area (Å²) in [6.45, 7) is 13.9. The topological polar surface area (TPSA) is 9.23 Å². The van der Waals surface area contributed by atoms with E-state index in [4.69, 9.17) is 4.43 Å². The molecule has 20 heavy (non-hydrogen) atoms. The van der Waals surface area contributed by atoms with Gasteiger partial charge >= 0.3 is 0 Å². The molecule has 0 N–H and O–H groups in total. The van der Waals surface area contributed by atoms with E-state index in [0.717, 1.165) is 5.75 Å². The lowest BCUT2D eigenvalue weighted by Gasteiger charge is -2.42. The first kappa shape index (κ1) is 18.2. The zero-order chi connectivity index (χ0) is 15.5. The van der Waals surface area contributed by atoms with Crippen LogP contribution in [0.1, 0.15) is 50.8 Å². The predicted molar refractivity (Wildman–Crippen MR) is 98.7 cm³/mol. The Labute approximate surface area is 141 Å². The van der Waals surface area contributed by atoms with E-state index in [1.54, 1.807) is 0 Å². The largest absolute Gasteiger partial charge is 0.543 e. The molecule has 0 atom stereocenters. The molecule has 1 rings (SSSR count).